The molecule has 62 valence electrons. The molecule has 0 bridgehead atoms. The highest BCUT2D eigenvalue weighted by Crippen LogP contribution is 2.35. The van der Waals surface area contributed by atoms with Gasteiger partial charge in [0.05, 0.1) is 5.92 Å². The minimum atomic E-state index is -0.110. The minimum absolute atomic E-state index is 0.0305. The van der Waals surface area contributed by atoms with Gasteiger partial charge in [-0.3, -0.25) is 4.79 Å². The monoisotopic (exact) mass is 162 g/mol. The molecule has 3 heteroatoms. The molecule has 1 heterocycles. The molecular weight excluding hydrogens is 152 g/mol. The average molecular weight is 162 g/mol. The van der Waals surface area contributed by atoms with Crippen LogP contribution in [-0.2, 0) is 4.79 Å². The van der Waals surface area contributed by atoms with Gasteiger partial charge in [0, 0.05) is 16.9 Å². The zero-order valence-corrected chi connectivity index (χ0v) is 6.79. The van der Waals surface area contributed by atoms with Crippen molar-refractivity contribution in [3.63, 3.8) is 0 Å². The zero-order chi connectivity index (χ0) is 8.72. The molecule has 1 amide bonds. The smallest absolute Gasteiger partial charge is 0.231 e. The fourth-order valence-corrected chi connectivity index (χ4v) is 1.55. The van der Waals surface area contributed by atoms with Crippen molar-refractivity contribution >= 4 is 17.3 Å². The van der Waals surface area contributed by atoms with Crippen LogP contribution in [0.2, 0.25) is 0 Å². The van der Waals surface area contributed by atoms with Crippen LogP contribution in [0.4, 0.5) is 11.4 Å². The third kappa shape index (κ3) is 0.794. The molecule has 0 fully saturated rings. The van der Waals surface area contributed by atoms with E-state index in [1.165, 1.54) is 0 Å². The van der Waals surface area contributed by atoms with Gasteiger partial charge in [-0.1, -0.05) is 6.07 Å². The van der Waals surface area contributed by atoms with Crippen molar-refractivity contribution in [1.29, 1.82) is 0 Å². The third-order valence-corrected chi connectivity index (χ3v) is 2.22. The summed E-state index contributed by atoms with van der Waals surface area (Å²) >= 11 is 0. The lowest BCUT2D eigenvalue weighted by atomic mass is 10.0. The summed E-state index contributed by atoms with van der Waals surface area (Å²) in [6.45, 7) is 1.86. The molecule has 1 atom stereocenters. The molecule has 0 saturated heterocycles. The van der Waals surface area contributed by atoms with E-state index < -0.39 is 0 Å². The van der Waals surface area contributed by atoms with Gasteiger partial charge in [-0.2, -0.15) is 0 Å². The first kappa shape index (κ1) is 7.16. The number of carbonyl (C=O) groups is 1. The lowest BCUT2D eigenvalue weighted by molar-refractivity contribution is -0.116. The number of nitrogens with one attached hydrogen (secondary N) is 1. The highest BCUT2D eigenvalue weighted by Gasteiger charge is 2.27. The maximum atomic E-state index is 11.2. The number of hydrogen-bond donors (Lipinski definition) is 2. The number of rotatable bonds is 0. The van der Waals surface area contributed by atoms with E-state index in [2.05, 4.69) is 5.32 Å². The first-order chi connectivity index (χ1) is 5.70. The van der Waals surface area contributed by atoms with Gasteiger partial charge in [0.25, 0.3) is 0 Å². The van der Waals surface area contributed by atoms with E-state index in [4.69, 9.17) is 5.73 Å². The molecule has 3 N–H and O–H groups in total. The zero-order valence-electron chi connectivity index (χ0n) is 6.79. The molecule has 0 radical (unpaired) electrons. The number of carbonyl (C=O) groups excluding carboxylic acids is 1. The van der Waals surface area contributed by atoms with Crippen molar-refractivity contribution < 1.29 is 4.79 Å². The maximum Gasteiger partial charge on any atom is 0.231 e. The number of hydrogen-bond acceptors (Lipinski definition) is 2. The quantitative estimate of drug-likeness (QED) is 0.565. The molecule has 1 aromatic rings. The highest BCUT2D eigenvalue weighted by atomic mass is 16.2. The molecule has 2 rings (SSSR count). The summed E-state index contributed by atoms with van der Waals surface area (Å²) in [7, 11) is 0. The van der Waals surface area contributed by atoms with Gasteiger partial charge in [0.2, 0.25) is 5.91 Å². The fourth-order valence-electron chi connectivity index (χ4n) is 1.55. The second-order valence-electron chi connectivity index (χ2n) is 3.02. The van der Waals surface area contributed by atoms with Crippen molar-refractivity contribution in [3.05, 3.63) is 23.8 Å². The van der Waals surface area contributed by atoms with E-state index in [0.29, 0.717) is 5.69 Å². The SMILES string of the molecule is CC1C(=O)Nc2cccc(N)c21. The molecule has 1 aliphatic rings. The molecule has 3 nitrogen and oxygen atoms in total. The summed E-state index contributed by atoms with van der Waals surface area (Å²) in [5.41, 5.74) is 8.21. The standard InChI is InChI=1S/C9H10N2O/c1-5-8-6(10)3-2-4-7(8)11-9(5)12/h2-5H,10H2,1H3,(H,11,12). The molecule has 0 aliphatic carbocycles. The van der Waals surface area contributed by atoms with Gasteiger partial charge >= 0.3 is 0 Å². The van der Waals surface area contributed by atoms with E-state index in [0.717, 1.165) is 11.3 Å². The van der Waals surface area contributed by atoms with Crippen LogP contribution in [0.3, 0.4) is 0 Å². The second-order valence-corrected chi connectivity index (χ2v) is 3.02. The van der Waals surface area contributed by atoms with E-state index in [9.17, 15) is 4.79 Å². The maximum absolute atomic E-state index is 11.2. The van der Waals surface area contributed by atoms with Crippen molar-refractivity contribution in [2.75, 3.05) is 11.1 Å². The van der Waals surface area contributed by atoms with Crippen LogP contribution in [0.25, 0.3) is 0 Å². The molecule has 0 saturated carbocycles. The number of anilines is 2. The third-order valence-electron chi connectivity index (χ3n) is 2.22. The average Bonchev–Trinajstić information content (AvgIpc) is 2.29. The summed E-state index contributed by atoms with van der Waals surface area (Å²) in [5.74, 6) is -0.0795. The summed E-state index contributed by atoms with van der Waals surface area (Å²) in [5, 5.41) is 2.77. The molecular formula is C9H10N2O. The van der Waals surface area contributed by atoms with Gasteiger partial charge in [-0.25, -0.2) is 0 Å². The molecule has 0 aromatic heterocycles. The minimum Gasteiger partial charge on any atom is -0.398 e. The Morgan fingerprint density at radius 3 is 2.92 bits per heavy atom. The van der Waals surface area contributed by atoms with E-state index >= 15 is 0 Å². The second kappa shape index (κ2) is 2.24. The summed E-state index contributed by atoms with van der Waals surface area (Å²) in [4.78, 5) is 11.2. The molecule has 1 aliphatic heterocycles. The number of benzene rings is 1. The number of nitrogen functional groups attached to an aromatic ring is 1. The lowest BCUT2D eigenvalue weighted by Gasteiger charge is -2.03. The van der Waals surface area contributed by atoms with Gasteiger partial charge in [0.15, 0.2) is 0 Å². The first-order valence-electron chi connectivity index (χ1n) is 3.89. The Morgan fingerprint density at radius 2 is 2.25 bits per heavy atom. The number of nitrogens with two attached hydrogens (primary N) is 1. The Morgan fingerprint density at radius 1 is 1.50 bits per heavy atom. The van der Waals surface area contributed by atoms with Crippen LogP contribution < -0.4 is 11.1 Å². The van der Waals surface area contributed by atoms with Gasteiger partial charge in [0.1, 0.15) is 0 Å². The van der Waals surface area contributed by atoms with Crippen molar-refractivity contribution in [2.24, 2.45) is 0 Å². The lowest BCUT2D eigenvalue weighted by Crippen LogP contribution is -2.08. The van der Waals surface area contributed by atoms with Crippen LogP contribution in [0.5, 0.6) is 0 Å². The molecule has 1 unspecified atom stereocenters. The predicted molar refractivity (Wildman–Crippen MR) is 47.9 cm³/mol. The molecule has 0 spiro atoms. The topological polar surface area (TPSA) is 55.1 Å². The Balaban J connectivity index is 2.62. The molecule has 12 heavy (non-hydrogen) atoms. The normalized spacial score (nSPS) is 20.4. The Labute approximate surface area is 70.6 Å². The van der Waals surface area contributed by atoms with E-state index in [1.54, 1.807) is 0 Å². The van der Waals surface area contributed by atoms with E-state index in [-0.39, 0.29) is 11.8 Å². The van der Waals surface area contributed by atoms with Crippen LogP contribution >= 0.6 is 0 Å². The van der Waals surface area contributed by atoms with Gasteiger partial charge in [-0.15, -0.1) is 0 Å². The molecule has 1 aromatic carbocycles. The van der Waals surface area contributed by atoms with Crippen LogP contribution in [0.1, 0.15) is 18.4 Å². The summed E-state index contributed by atoms with van der Waals surface area (Å²) in [6.07, 6.45) is 0. The van der Waals surface area contributed by atoms with Crippen LogP contribution in [-0.4, -0.2) is 5.91 Å². The van der Waals surface area contributed by atoms with Crippen molar-refractivity contribution in [1.82, 2.24) is 0 Å². The van der Waals surface area contributed by atoms with Gasteiger partial charge in [-0.05, 0) is 19.1 Å². The first-order valence-corrected chi connectivity index (χ1v) is 3.89. The summed E-state index contributed by atoms with van der Waals surface area (Å²) in [6, 6.07) is 5.52. The fraction of sp³-hybridized carbons (Fsp3) is 0.222. The van der Waals surface area contributed by atoms with Crippen molar-refractivity contribution in [2.45, 2.75) is 12.8 Å². The number of fused-ring (bicyclic) bond motifs is 1. The van der Waals surface area contributed by atoms with Gasteiger partial charge < -0.3 is 11.1 Å². The van der Waals surface area contributed by atoms with Crippen LogP contribution in [0, 0.1) is 0 Å². The largest absolute Gasteiger partial charge is 0.398 e. The van der Waals surface area contributed by atoms with Crippen molar-refractivity contribution in [3.8, 4) is 0 Å². The van der Waals surface area contributed by atoms with E-state index in [1.807, 2.05) is 25.1 Å². The summed E-state index contributed by atoms with van der Waals surface area (Å²) < 4.78 is 0. The Hall–Kier alpha value is -1.51. The predicted octanol–water partition coefficient (Wildman–Crippen LogP) is 1.32. The highest BCUT2D eigenvalue weighted by molar-refractivity contribution is 6.04. The Kier molecular flexibility index (Phi) is 1.33. The number of amides is 1. The Bertz CT molecular complexity index is 346. The van der Waals surface area contributed by atoms with Crippen LogP contribution in [0.15, 0.2) is 18.2 Å².